The molecule has 0 unspecified atom stereocenters. The molecule has 1 heterocycles. The van der Waals surface area contributed by atoms with Gasteiger partial charge in [0, 0.05) is 30.3 Å². The third kappa shape index (κ3) is 5.00. The van der Waals surface area contributed by atoms with Crippen LogP contribution in [0.15, 0.2) is 47.5 Å². The Morgan fingerprint density at radius 3 is 1.57 bits per heavy atom. The summed E-state index contributed by atoms with van der Waals surface area (Å²) in [7, 11) is 0. The topological polar surface area (TPSA) is 20.3 Å². The van der Waals surface area contributed by atoms with E-state index >= 15 is 0 Å². The molecule has 0 spiro atoms. The maximum absolute atomic E-state index is 13.1. The SMILES string of the molecule is CC(C)N1C/C(=C\c2ccc(Cl)c(Cl)c2)C(=O)/C(=C/c2ccc(Cl)c(Cl)c2)C1. The summed E-state index contributed by atoms with van der Waals surface area (Å²) in [6, 6.07) is 11.0. The number of benzene rings is 2. The van der Waals surface area contributed by atoms with E-state index in [1.165, 1.54) is 0 Å². The van der Waals surface area contributed by atoms with E-state index in [-0.39, 0.29) is 5.78 Å². The zero-order chi connectivity index (χ0) is 20.4. The molecule has 146 valence electrons. The summed E-state index contributed by atoms with van der Waals surface area (Å²) in [6.45, 7) is 5.39. The van der Waals surface area contributed by atoms with Gasteiger partial charge in [0.25, 0.3) is 0 Å². The molecule has 6 heteroatoms. The van der Waals surface area contributed by atoms with Gasteiger partial charge in [0.15, 0.2) is 5.78 Å². The predicted octanol–water partition coefficient (Wildman–Crippen LogP) is 7.06. The van der Waals surface area contributed by atoms with Gasteiger partial charge in [-0.25, -0.2) is 0 Å². The van der Waals surface area contributed by atoms with Crippen LogP contribution in [-0.4, -0.2) is 29.8 Å². The van der Waals surface area contributed by atoms with Gasteiger partial charge in [-0.1, -0.05) is 58.5 Å². The predicted molar refractivity (Wildman–Crippen MR) is 121 cm³/mol. The van der Waals surface area contributed by atoms with Gasteiger partial charge in [-0.05, 0) is 61.4 Å². The summed E-state index contributed by atoms with van der Waals surface area (Å²) >= 11 is 24.2. The molecule has 3 rings (SSSR count). The van der Waals surface area contributed by atoms with Gasteiger partial charge < -0.3 is 0 Å². The quantitative estimate of drug-likeness (QED) is 0.462. The van der Waals surface area contributed by atoms with Crippen molar-refractivity contribution in [3.63, 3.8) is 0 Å². The van der Waals surface area contributed by atoms with Crippen LogP contribution in [0.25, 0.3) is 12.2 Å². The van der Waals surface area contributed by atoms with E-state index in [4.69, 9.17) is 46.4 Å². The van der Waals surface area contributed by atoms with Gasteiger partial charge in [0.1, 0.15) is 0 Å². The van der Waals surface area contributed by atoms with Crippen molar-refractivity contribution in [2.45, 2.75) is 19.9 Å². The van der Waals surface area contributed by atoms with Crippen molar-refractivity contribution in [1.29, 1.82) is 0 Å². The highest BCUT2D eigenvalue weighted by molar-refractivity contribution is 6.42. The smallest absolute Gasteiger partial charge is 0.187 e. The fourth-order valence-corrected chi connectivity index (χ4v) is 3.65. The molecule has 0 N–H and O–H groups in total. The molecule has 0 aromatic heterocycles. The van der Waals surface area contributed by atoms with Crippen LogP contribution in [0.3, 0.4) is 0 Å². The van der Waals surface area contributed by atoms with Gasteiger partial charge in [0.2, 0.25) is 0 Å². The van der Waals surface area contributed by atoms with Crippen LogP contribution < -0.4 is 0 Å². The minimum absolute atomic E-state index is 0.0223. The number of carbonyl (C=O) groups excluding carboxylic acids is 1. The standard InChI is InChI=1S/C22H19Cl4NO/c1-13(2)27-11-16(7-14-3-5-18(23)20(25)9-14)22(28)17(12-27)8-15-4-6-19(24)21(26)10-15/h3-10,13H,11-12H2,1-2H3/b16-7+,17-8+. The Morgan fingerprint density at radius 2 is 1.21 bits per heavy atom. The first-order valence-electron chi connectivity index (χ1n) is 8.84. The number of likely N-dealkylation sites (tertiary alicyclic amines) is 1. The van der Waals surface area contributed by atoms with Gasteiger partial charge in [-0.15, -0.1) is 0 Å². The van der Waals surface area contributed by atoms with Crippen LogP contribution in [0.4, 0.5) is 0 Å². The molecule has 0 radical (unpaired) electrons. The van der Waals surface area contributed by atoms with Crippen molar-refractivity contribution in [2.24, 2.45) is 0 Å². The number of nitrogens with zero attached hydrogens (tertiary/aromatic N) is 1. The maximum atomic E-state index is 13.1. The molecule has 1 saturated heterocycles. The summed E-state index contributed by atoms with van der Waals surface area (Å²) < 4.78 is 0. The van der Waals surface area contributed by atoms with Crippen LogP contribution in [0.2, 0.25) is 20.1 Å². The molecule has 0 aliphatic carbocycles. The van der Waals surface area contributed by atoms with Crippen LogP contribution >= 0.6 is 46.4 Å². The first-order valence-corrected chi connectivity index (χ1v) is 10.4. The lowest BCUT2D eigenvalue weighted by Crippen LogP contribution is -2.41. The first-order chi connectivity index (χ1) is 13.2. The number of hydrogen-bond acceptors (Lipinski definition) is 2. The summed E-state index contributed by atoms with van der Waals surface area (Å²) in [5.41, 5.74) is 3.11. The second-order valence-electron chi connectivity index (χ2n) is 7.01. The van der Waals surface area contributed by atoms with Crippen LogP contribution in [-0.2, 0) is 4.79 Å². The molecule has 0 bridgehead atoms. The first kappa shape index (κ1) is 21.4. The Balaban J connectivity index is 1.99. The molecular formula is C22H19Cl4NO. The second kappa shape index (κ2) is 9.02. The minimum atomic E-state index is 0.0223. The van der Waals surface area contributed by atoms with Crippen molar-refractivity contribution in [3.05, 3.63) is 78.8 Å². The number of Topliss-reactive ketones (excluding diaryl/α,β-unsaturated/α-hetero) is 1. The highest BCUT2D eigenvalue weighted by Crippen LogP contribution is 2.28. The molecule has 2 aromatic carbocycles. The molecule has 0 amide bonds. The van der Waals surface area contributed by atoms with E-state index in [1.807, 2.05) is 24.3 Å². The lowest BCUT2D eigenvalue weighted by atomic mass is 9.93. The molecule has 1 fully saturated rings. The Kier molecular flexibility index (Phi) is 6.90. The van der Waals surface area contributed by atoms with Gasteiger partial charge in [-0.2, -0.15) is 0 Å². The van der Waals surface area contributed by atoms with E-state index in [1.54, 1.807) is 24.3 Å². The molecule has 2 nitrogen and oxygen atoms in total. The molecule has 0 saturated carbocycles. The van der Waals surface area contributed by atoms with Crippen LogP contribution in [0.1, 0.15) is 25.0 Å². The van der Waals surface area contributed by atoms with Gasteiger partial charge in [0.05, 0.1) is 20.1 Å². The number of ketones is 1. The summed E-state index contributed by atoms with van der Waals surface area (Å²) in [6.07, 6.45) is 3.75. The largest absolute Gasteiger partial charge is 0.292 e. The van der Waals surface area contributed by atoms with Crippen LogP contribution in [0.5, 0.6) is 0 Å². The molecule has 1 aliphatic heterocycles. The molecule has 2 aromatic rings. The van der Waals surface area contributed by atoms with Crippen LogP contribution in [0, 0.1) is 0 Å². The third-order valence-corrected chi connectivity index (χ3v) is 6.11. The minimum Gasteiger partial charge on any atom is -0.292 e. The maximum Gasteiger partial charge on any atom is 0.187 e. The number of hydrogen-bond donors (Lipinski definition) is 0. The van der Waals surface area contributed by atoms with E-state index in [9.17, 15) is 4.79 Å². The van der Waals surface area contributed by atoms with Gasteiger partial charge in [-0.3, -0.25) is 9.69 Å². The number of halogens is 4. The highest BCUT2D eigenvalue weighted by Gasteiger charge is 2.27. The average Bonchev–Trinajstić information content (AvgIpc) is 2.64. The third-order valence-electron chi connectivity index (χ3n) is 4.63. The van der Waals surface area contributed by atoms with Crippen molar-refractivity contribution in [3.8, 4) is 0 Å². The monoisotopic (exact) mass is 453 g/mol. The van der Waals surface area contributed by atoms with Crippen molar-refractivity contribution >= 4 is 64.3 Å². The van der Waals surface area contributed by atoms with Crippen molar-refractivity contribution in [1.82, 2.24) is 4.90 Å². The van der Waals surface area contributed by atoms with E-state index in [0.29, 0.717) is 50.4 Å². The Labute approximate surface area is 185 Å². The van der Waals surface area contributed by atoms with Crippen molar-refractivity contribution < 1.29 is 4.79 Å². The molecular weight excluding hydrogens is 436 g/mol. The molecule has 28 heavy (non-hydrogen) atoms. The number of piperidine rings is 1. The number of rotatable bonds is 3. The Hall–Kier alpha value is -1.29. The Morgan fingerprint density at radius 1 is 0.786 bits per heavy atom. The fraction of sp³-hybridized carbons (Fsp3) is 0.227. The summed E-state index contributed by atoms with van der Waals surface area (Å²) in [5, 5.41) is 1.91. The fourth-order valence-electron chi connectivity index (χ4n) is 3.04. The zero-order valence-corrected chi connectivity index (χ0v) is 18.5. The molecule has 0 atom stereocenters. The van der Waals surface area contributed by atoms with E-state index < -0.39 is 0 Å². The lowest BCUT2D eigenvalue weighted by molar-refractivity contribution is -0.113. The zero-order valence-electron chi connectivity index (χ0n) is 15.5. The van der Waals surface area contributed by atoms with E-state index in [0.717, 1.165) is 11.1 Å². The average molecular weight is 455 g/mol. The van der Waals surface area contributed by atoms with Gasteiger partial charge >= 0.3 is 0 Å². The normalized spacial score (nSPS) is 18.5. The summed E-state index contributed by atoms with van der Waals surface area (Å²) in [4.78, 5) is 15.4. The lowest BCUT2D eigenvalue weighted by Gasteiger charge is -2.32. The van der Waals surface area contributed by atoms with Crippen molar-refractivity contribution in [2.75, 3.05) is 13.1 Å². The van der Waals surface area contributed by atoms with E-state index in [2.05, 4.69) is 18.7 Å². The Bertz CT molecular complexity index is 905. The summed E-state index contributed by atoms with van der Waals surface area (Å²) in [5.74, 6) is 0.0223. The number of carbonyl (C=O) groups is 1. The molecule has 1 aliphatic rings. The second-order valence-corrected chi connectivity index (χ2v) is 8.64. The highest BCUT2D eigenvalue weighted by atomic mass is 35.5.